The third-order valence-corrected chi connectivity index (χ3v) is 15.0. The van der Waals surface area contributed by atoms with Crippen LogP contribution in [-0.2, 0) is 18.3 Å². The Hall–Kier alpha value is -7.82. The van der Waals surface area contributed by atoms with E-state index in [9.17, 15) is 0 Å². The molecule has 0 unspecified atom stereocenters. The lowest BCUT2D eigenvalue weighted by Crippen LogP contribution is -2.29. The summed E-state index contributed by atoms with van der Waals surface area (Å²) in [5.74, 6) is 1.66. The number of hydrogen-bond donors (Lipinski definition) is 0. The van der Waals surface area contributed by atoms with Gasteiger partial charge in [-0.25, -0.2) is 0 Å². The van der Waals surface area contributed by atoms with Crippen LogP contribution in [0.3, 0.4) is 0 Å². The minimum Gasteiger partial charge on any atom is -0.496 e. The number of unbranched alkanes of at least 4 members (excludes halogenated alkanes) is 2. The predicted octanol–water partition coefficient (Wildman–Crippen LogP) is 17.6. The van der Waals surface area contributed by atoms with Crippen molar-refractivity contribution in [1.29, 1.82) is 0 Å². The molecule has 0 N–H and O–H groups in total. The highest BCUT2D eigenvalue weighted by Gasteiger charge is 2.47. The van der Waals surface area contributed by atoms with Crippen molar-refractivity contribution >= 4 is 38.9 Å². The summed E-state index contributed by atoms with van der Waals surface area (Å²) in [6.45, 7) is 8.77. The van der Waals surface area contributed by atoms with Crippen LogP contribution in [0.1, 0.15) is 84.0 Å². The second-order valence-electron chi connectivity index (χ2n) is 19.4. The van der Waals surface area contributed by atoms with Gasteiger partial charge in [-0.05, 0) is 180 Å². The van der Waals surface area contributed by atoms with Gasteiger partial charge in [0.2, 0.25) is 0 Å². The molecule has 0 aliphatic heterocycles. The molecule has 352 valence electrons. The molecular weight excluding hydrogens is 865 g/mol. The molecule has 0 amide bonds. The molecule has 10 aromatic rings. The molecule has 0 fully saturated rings. The van der Waals surface area contributed by atoms with Gasteiger partial charge in [0, 0.05) is 39.1 Å². The Balaban J connectivity index is 1.13. The van der Waals surface area contributed by atoms with Gasteiger partial charge in [0.1, 0.15) is 11.5 Å². The summed E-state index contributed by atoms with van der Waals surface area (Å²) in [5.41, 5.74) is 20.8. The third-order valence-electron chi connectivity index (χ3n) is 15.0. The maximum absolute atomic E-state index is 5.97. The molecule has 4 nitrogen and oxygen atoms in total. The van der Waals surface area contributed by atoms with Crippen molar-refractivity contribution in [3.05, 3.63) is 239 Å². The van der Waals surface area contributed by atoms with Gasteiger partial charge in [-0.15, -0.1) is 0 Å². The highest BCUT2D eigenvalue weighted by Crippen LogP contribution is 2.58. The largest absolute Gasteiger partial charge is 0.496 e. The number of nitrogens with zero attached hydrogens (tertiary/aromatic N) is 2. The second-order valence-corrected chi connectivity index (χ2v) is 19.4. The molecule has 71 heavy (non-hydrogen) atoms. The van der Waals surface area contributed by atoms with E-state index in [1.807, 2.05) is 0 Å². The molecule has 0 saturated carbocycles. The van der Waals surface area contributed by atoms with Crippen LogP contribution in [0, 0.1) is 13.8 Å². The standard InChI is InChI=1S/C67H62N2O2/c1-7-9-17-47-24-29-52(30-25-47)68(53-31-26-48(27-32-53)18-10-8-2)54-33-35-56-57-36-34-55(43-62(57)67(61(56)42-54,50-19-13-11-14-20-50)51-21-15-12-16-22-51)69-63-37-23-45(3)39-59(63)60-41-49(28-38-64(60)69)58-44-65(70-5)46(4)40-66(58)71-6/h11-16,19-44H,7-10,17-18H2,1-6H3. The smallest absolute Gasteiger partial charge is 0.127 e. The van der Waals surface area contributed by atoms with Crippen molar-refractivity contribution in [2.45, 2.75) is 71.6 Å². The number of benzene rings is 9. The molecule has 11 rings (SSSR count). The van der Waals surface area contributed by atoms with E-state index in [2.05, 4.69) is 231 Å². The zero-order valence-electron chi connectivity index (χ0n) is 41.9. The van der Waals surface area contributed by atoms with Gasteiger partial charge in [0.15, 0.2) is 0 Å². The van der Waals surface area contributed by atoms with E-state index in [0.717, 1.165) is 74.8 Å². The first-order valence-corrected chi connectivity index (χ1v) is 25.5. The van der Waals surface area contributed by atoms with Gasteiger partial charge in [0.05, 0.1) is 30.7 Å². The number of hydrogen-bond acceptors (Lipinski definition) is 3. The van der Waals surface area contributed by atoms with E-state index >= 15 is 0 Å². The molecular formula is C67H62N2O2. The zero-order chi connectivity index (χ0) is 48.6. The van der Waals surface area contributed by atoms with Crippen LogP contribution in [0.5, 0.6) is 11.5 Å². The maximum atomic E-state index is 5.97. The topological polar surface area (TPSA) is 26.6 Å². The fraction of sp³-hybridized carbons (Fsp3) is 0.194. The highest BCUT2D eigenvalue weighted by atomic mass is 16.5. The van der Waals surface area contributed by atoms with Crippen molar-refractivity contribution in [3.8, 4) is 39.4 Å². The first kappa shape index (κ1) is 45.6. The van der Waals surface area contributed by atoms with Gasteiger partial charge in [-0.3, -0.25) is 0 Å². The fourth-order valence-corrected chi connectivity index (χ4v) is 11.4. The lowest BCUT2D eigenvalue weighted by molar-refractivity contribution is 0.402. The number of anilines is 3. The van der Waals surface area contributed by atoms with E-state index in [0.29, 0.717) is 0 Å². The van der Waals surface area contributed by atoms with E-state index in [1.165, 1.54) is 86.5 Å². The summed E-state index contributed by atoms with van der Waals surface area (Å²) >= 11 is 0. The minimum atomic E-state index is -0.636. The van der Waals surface area contributed by atoms with Crippen LogP contribution in [0.15, 0.2) is 194 Å². The van der Waals surface area contributed by atoms with Crippen LogP contribution in [-0.4, -0.2) is 18.8 Å². The van der Waals surface area contributed by atoms with Crippen molar-refractivity contribution in [2.24, 2.45) is 0 Å². The minimum absolute atomic E-state index is 0.636. The monoisotopic (exact) mass is 926 g/mol. The van der Waals surface area contributed by atoms with E-state index in [1.54, 1.807) is 14.2 Å². The molecule has 0 atom stereocenters. The highest BCUT2D eigenvalue weighted by molar-refractivity contribution is 6.11. The summed E-state index contributed by atoms with van der Waals surface area (Å²) in [5, 5.41) is 2.40. The number of aromatic nitrogens is 1. The molecule has 1 heterocycles. The molecule has 1 aromatic heterocycles. The summed E-state index contributed by atoms with van der Waals surface area (Å²) in [7, 11) is 3.47. The molecule has 9 aromatic carbocycles. The van der Waals surface area contributed by atoms with E-state index in [4.69, 9.17) is 9.47 Å². The lowest BCUT2D eigenvalue weighted by atomic mass is 9.67. The Bertz CT molecular complexity index is 3440. The molecule has 1 aliphatic carbocycles. The molecule has 0 bridgehead atoms. The van der Waals surface area contributed by atoms with E-state index < -0.39 is 5.41 Å². The normalized spacial score (nSPS) is 12.5. The molecule has 0 saturated heterocycles. The van der Waals surface area contributed by atoms with Crippen molar-refractivity contribution in [3.63, 3.8) is 0 Å². The Morgan fingerprint density at radius 2 is 1.00 bits per heavy atom. The first-order chi connectivity index (χ1) is 34.8. The molecule has 0 spiro atoms. The van der Waals surface area contributed by atoms with Crippen molar-refractivity contribution in [2.75, 3.05) is 19.1 Å². The second kappa shape index (κ2) is 19.2. The van der Waals surface area contributed by atoms with Crippen molar-refractivity contribution in [1.82, 2.24) is 4.57 Å². The number of aryl methyl sites for hydroxylation is 4. The quantitative estimate of drug-likeness (QED) is 0.102. The van der Waals surface area contributed by atoms with Gasteiger partial charge < -0.3 is 18.9 Å². The van der Waals surface area contributed by atoms with Crippen LogP contribution < -0.4 is 14.4 Å². The van der Waals surface area contributed by atoms with Crippen LogP contribution in [0.4, 0.5) is 17.1 Å². The lowest BCUT2D eigenvalue weighted by Gasteiger charge is -2.35. The summed E-state index contributed by atoms with van der Waals surface area (Å²) < 4.78 is 14.2. The Morgan fingerprint density at radius 1 is 0.465 bits per heavy atom. The zero-order valence-corrected chi connectivity index (χ0v) is 41.9. The van der Waals surface area contributed by atoms with Crippen LogP contribution >= 0.6 is 0 Å². The SMILES string of the molecule is CCCCc1ccc(N(c2ccc(CCCC)cc2)c2ccc3c(c2)C(c2ccccc2)(c2ccccc2)c2cc(-n4c5ccc(C)cc5c5cc(-c6cc(OC)c(C)cc6OC)ccc54)ccc2-3)cc1. The van der Waals surface area contributed by atoms with Crippen molar-refractivity contribution < 1.29 is 9.47 Å². The van der Waals surface area contributed by atoms with E-state index in [-0.39, 0.29) is 0 Å². The predicted molar refractivity (Wildman–Crippen MR) is 298 cm³/mol. The van der Waals surface area contributed by atoms with Gasteiger partial charge in [0.25, 0.3) is 0 Å². The Morgan fingerprint density at radius 3 is 1.58 bits per heavy atom. The number of ether oxygens (including phenoxy) is 2. The number of rotatable bonds is 15. The van der Waals surface area contributed by atoms with Crippen LogP contribution in [0.25, 0.3) is 49.7 Å². The van der Waals surface area contributed by atoms with Gasteiger partial charge in [-0.2, -0.15) is 0 Å². The summed E-state index contributed by atoms with van der Waals surface area (Å²) in [6.07, 6.45) is 6.92. The number of fused-ring (bicyclic) bond motifs is 6. The molecule has 4 heteroatoms. The maximum Gasteiger partial charge on any atom is 0.127 e. The third kappa shape index (κ3) is 7.96. The van der Waals surface area contributed by atoms with Crippen LogP contribution in [0.2, 0.25) is 0 Å². The molecule has 0 radical (unpaired) electrons. The van der Waals surface area contributed by atoms with Gasteiger partial charge in [-0.1, -0.05) is 141 Å². The summed E-state index contributed by atoms with van der Waals surface area (Å²) in [4.78, 5) is 2.46. The molecule has 1 aliphatic rings. The first-order valence-electron chi connectivity index (χ1n) is 25.5. The van der Waals surface area contributed by atoms with Gasteiger partial charge >= 0.3 is 0 Å². The summed E-state index contributed by atoms with van der Waals surface area (Å²) in [6, 6.07) is 73.2. The average Bonchev–Trinajstić information content (AvgIpc) is 3.89. The number of methoxy groups -OCH3 is 2. The Labute approximate surface area is 419 Å². The Kier molecular flexibility index (Phi) is 12.3. The fourth-order valence-electron chi connectivity index (χ4n) is 11.4. The average molecular weight is 927 g/mol.